The van der Waals surface area contributed by atoms with Crippen LogP contribution in [0.5, 0.6) is 5.75 Å². The van der Waals surface area contributed by atoms with Gasteiger partial charge >= 0.3 is 5.97 Å². The van der Waals surface area contributed by atoms with Crippen molar-refractivity contribution in [2.24, 2.45) is 0 Å². The van der Waals surface area contributed by atoms with Crippen LogP contribution in [0.1, 0.15) is 32.6 Å². The molecule has 25 heavy (non-hydrogen) atoms. The first-order valence-corrected chi connectivity index (χ1v) is 8.01. The fourth-order valence-electron chi connectivity index (χ4n) is 2.47. The van der Waals surface area contributed by atoms with E-state index in [0.717, 1.165) is 16.7 Å². The third-order valence-corrected chi connectivity index (χ3v) is 4.07. The number of esters is 1. The van der Waals surface area contributed by atoms with Gasteiger partial charge in [-0.15, -0.1) is 0 Å². The highest BCUT2D eigenvalue weighted by atomic mass is 16.5. The summed E-state index contributed by atoms with van der Waals surface area (Å²) < 4.78 is 10.3. The summed E-state index contributed by atoms with van der Waals surface area (Å²) in [7, 11) is 1.33. The fourth-order valence-corrected chi connectivity index (χ4v) is 2.47. The molecule has 2 aromatic rings. The third-order valence-electron chi connectivity index (χ3n) is 4.07. The van der Waals surface area contributed by atoms with Crippen molar-refractivity contribution >= 4 is 17.6 Å². The molecule has 0 spiro atoms. The smallest absolute Gasteiger partial charge is 0.337 e. The van der Waals surface area contributed by atoms with Crippen LogP contribution in [0.15, 0.2) is 30.3 Å². The number of anilines is 1. The molecule has 0 bridgehead atoms. The molecule has 0 atom stereocenters. The van der Waals surface area contributed by atoms with Gasteiger partial charge in [-0.25, -0.2) is 4.79 Å². The van der Waals surface area contributed by atoms with Crippen LogP contribution in [0.3, 0.4) is 0 Å². The standard InChI is InChI=1S/C20H23NO4/c1-12-8-15(4)18(10-13(12)2)25-11-19(22)21-17-7-6-16(9-14(17)3)20(23)24-5/h6-10H,11H2,1-5H3,(H,21,22). The number of hydrogen-bond donors (Lipinski definition) is 1. The molecular weight excluding hydrogens is 318 g/mol. The monoisotopic (exact) mass is 341 g/mol. The van der Waals surface area contributed by atoms with Gasteiger partial charge in [0.1, 0.15) is 5.75 Å². The fraction of sp³-hybridized carbons (Fsp3) is 0.300. The highest BCUT2D eigenvalue weighted by Crippen LogP contribution is 2.22. The summed E-state index contributed by atoms with van der Waals surface area (Å²) in [5.74, 6) is 0.0390. The molecule has 132 valence electrons. The zero-order valence-electron chi connectivity index (χ0n) is 15.2. The molecule has 0 aliphatic carbocycles. The summed E-state index contributed by atoms with van der Waals surface area (Å²) in [5, 5.41) is 2.79. The lowest BCUT2D eigenvalue weighted by Gasteiger charge is -2.13. The molecule has 0 saturated heterocycles. The first-order chi connectivity index (χ1) is 11.8. The van der Waals surface area contributed by atoms with Crippen LogP contribution in [0, 0.1) is 27.7 Å². The maximum Gasteiger partial charge on any atom is 0.337 e. The Balaban J connectivity index is 2.01. The highest BCUT2D eigenvalue weighted by molar-refractivity contribution is 5.94. The van der Waals surface area contributed by atoms with Crippen molar-refractivity contribution < 1.29 is 19.1 Å². The summed E-state index contributed by atoms with van der Waals surface area (Å²) in [6, 6.07) is 8.95. The highest BCUT2D eigenvalue weighted by Gasteiger charge is 2.11. The molecule has 0 aromatic heterocycles. The summed E-state index contributed by atoms with van der Waals surface area (Å²) >= 11 is 0. The van der Waals surface area contributed by atoms with Crippen LogP contribution in [-0.4, -0.2) is 25.6 Å². The van der Waals surface area contributed by atoms with Gasteiger partial charge in [0.2, 0.25) is 0 Å². The van der Waals surface area contributed by atoms with Crippen LogP contribution in [-0.2, 0) is 9.53 Å². The largest absolute Gasteiger partial charge is 0.483 e. The van der Waals surface area contributed by atoms with Crippen LogP contribution < -0.4 is 10.1 Å². The lowest BCUT2D eigenvalue weighted by molar-refractivity contribution is -0.118. The maximum atomic E-state index is 12.1. The summed E-state index contributed by atoms with van der Waals surface area (Å²) in [5.41, 5.74) is 5.16. The number of methoxy groups -OCH3 is 1. The van der Waals surface area contributed by atoms with Crippen molar-refractivity contribution in [3.8, 4) is 5.75 Å². The quantitative estimate of drug-likeness (QED) is 0.842. The Morgan fingerprint density at radius 2 is 1.60 bits per heavy atom. The van der Waals surface area contributed by atoms with Gasteiger partial charge in [0.25, 0.3) is 5.91 Å². The first kappa shape index (κ1) is 18.5. The number of nitrogens with one attached hydrogen (secondary N) is 1. The molecule has 0 unspecified atom stereocenters. The molecule has 0 fully saturated rings. The predicted octanol–water partition coefficient (Wildman–Crippen LogP) is 3.72. The van der Waals surface area contributed by atoms with Crippen molar-refractivity contribution in [1.82, 2.24) is 0 Å². The average molecular weight is 341 g/mol. The Morgan fingerprint density at radius 3 is 2.24 bits per heavy atom. The van der Waals surface area contributed by atoms with Gasteiger partial charge in [-0.3, -0.25) is 4.79 Å². The molecule has 0 heterocycles. The molecule has 0 aliphatic heterocycles. The molecule has 0 aliphatic rings. The Hall–Kier alpha value is -2.82. The molecule has 5 heteroatoms. The lowest BCUT2D eigenvalue weighted by Crippen LogP contribution is -2.21. The van der Waals surface area contributed by atoms with E-state index < -0.39 is 5.97 Å². The molecule has 0 saturated carbocycles. The summed E-state index contributed by atoms with van der Waals surface area (Å²) in [6.07, 6.45) is 0. The van der Waals surface area contributed by atoms with E-state index in [2.05, 4.69) is 10.1 Å². The number of hydrogen-bond acceptors (Lipinski definition) is 4. The van der Waals surface area contributed by atoms with Crippen molar-refractivity contribution in [1.29, 1.82) is 0 Å². The number of aryl methyl sites for hydroxylation is 4. The normalized spacial score (nSPS) is 10.3. The summed E-state index contributed by atoms with van der Waals surface area (Å²) in [4.78, 5) is 23.7. The Kier molecular flexibility index (Phi) is 5.80. The van der Waals surface area contributed by atoms with Crippen LogP contribution in [0.25, 0.3) is 0 Å². The van der Waals surface area contributed by atoms with E-state index in [1.165, 1.54) is 12.7 Å². The molecule has 0 radical (unpaired) electrons. The van der Waals surface area contributed by atoms with E-state index in [-0.39, 0.29) is 12.5 Å². The molecule has 2 rings (SSSR count). The number of ether oxygens (including phenoxy) is 2. The van der Waals surface area contributed by atoms with Crippen molar-refractivity contribution in [3.05, 3.63) is 58.1 Å². The second-order valence-electron chi connectivity index (χ2n) is 6.06. The van der Waals surface area contributed by atoms with E-state index in [1.807, 2.05) is 39.8 Å². The minimum atomic E-state index is -0.408. The average Bonchev–Trinajstić information content (AvgIpc) is 2.58. The zero-order chi connectivity index (χ0) is 18.6. The van der Waals surface area contributed by atoms with E-state index in [0.29, 0.717) is 17.0 Å². The topological polar surface area (TPSA) is 64.6 Å². The lowest BCUT2D eigenvalue weighted by atomic mass is 10.1. The minimum Gasteiger partial charge on any atom is -0.483 e. The van der Waals surface area contributed by atoms with E-state index >= 15 is 0 Å². The number of carbonyl (C=O) groups is 2. The Morgan fingerprint density at radius 1 is 0.920 bits per heavy atom. The first-order valence-electron chi connectivity index (χ1n) is 8.01. The second kappa shape index (κ2) is 7.83. The SMILES string of the molecule is COC(=O)c1ccc(NC(=O)COc2cc(C)c(C)cc2C)c(C)c1. The second-order valence-corrected chi connectivity index (χ2v) is 6.06. The van der Waals surface area contributed by atoms with Crippen molar-refractivity contribution in [2.45, 2.75) is 27.7 Å². The molecule has 5 nitrogen and oxygen atoms in total. The zero-order valence-corrected chi connectivity index (χ0v) is 15.2. The van der Waals surface area contributed by atoms with Crippen molar-refractivity contribution in [3.63, 3.8) is 0 Å². The minimum absolute atomic E-state index is 0.0818. The van der Waals surface area contributed by atoms with Gasteiger partial charge < -0.3 is 14.8 Å². The third kappa shape index (κ3) is 4.59. The molecule has 1 N–H and O–H groups in total. The van der Waals surface area contributed by atoms with Gasteiger partial charge in [0, 0.05) is 5.69 Å². The van der Waals surface area contributed by atoms with E-state index in [9.17, 15) is 9.59 Å². The van der Waals surface area contributed by atoms with Gasteiger partial charge in [-0.05, 0) is 74.2 Å². The van der Waals surface area contributed by atoms with Gasteiger partial charge in [0.15, 0.2) is 6.61 Å². The number of rotatable bonds is 5. The van der Waals surface area contributed by atoms with E-state index in [4.69, 9.17) is 4.74 Å². The maximum absolute atomic E-state index is 12.1. The number of amides is 1. The molecule has 2 aromatic carbocycles. The van der Waals surface area contributed by atoms with Gasteiger partial charge in [-0.1, -0.05) is 6.07 Å². The Bertz CT molecular complexity index is 812. The van der Waals surface area contributed by atoms with Crippen LogP contribution >= 0.6 is 0 Å². The molecular formula is C20H23NO4. The number of benzene rings is 2. The molecule has 1 amide bonds. The van der Waals surface area contributed by atoms with E-state index in [1.54, 1.807) is 18.2 Å². The van der Waals surface area contributed by atoms with Gasteiger partial charge in [-0.2, -0.15) is 0 Å². The van der Waals surface area contributed by atoms with Crippen LogP contribution in [0.4, 0.5) is 5.69 Å². The van der Waals surface area contributed by atoms with Gasteiger partial charge in [0.05, 0.1) is 12.7 Å². The van der Waals surface area contributed by atoms with Crippen molar-refractivity contribution in [2.75, 3.05) is 19.0 Å². The summed E-state index contributed by atoms with van der Waals surface area (Å²) in [6.45, 7) is 7.74. The Labute approximate surface area is 148 Å². The number of carbonyl (C=O) groups excluding carboxylic acids is 2. The predicted molar refractivity (Wildman–Crippen MR) is 97.3 cm³/mol. The van der Waals surface area contributed by atoms with Crippen LogP contribution in [0.2, 0.25) is 0 Å².